The van der Waals surface area contributed by atoms with Crippen LogP contribution in [0.25, 0.3) is 6.08 Å². The second-order valence-corrected chi connectivity index (χ2v) is 5.85. The number of nitrogens with zero attached hydrogens (tertiary/aromatic N) is 2. The molecule has 0 fully saturated rings. The Bertz CT molecular complexity index is 807. The van der Waals surface area contributed by atoms with Gasteiger partial charge in [-0.3, -0.25) is 4.79 Å². The van der Waals surface area contributed by atoms with Gasteiger partial charge >= 0.3 is 0 Å². The highest BCUT2D eigenvalue weighted by molar-refractivity contribution is 9.10. The summed E-state index contributed by atoms with van der Waals surface area (Å²) in [5.41, 5.74) is 1.76. The third-order valence-electron chi connectivity index (χ3n) is 3.28. The summed E-state index contributed by atoms with van der Waals surface area (Å²) < 4.78 is 0.726. The molecule has 120 valence electrons. The first-order chi connectivity index (χ1) is 11.6. The van der Waals surface area contributed by atoms with Crippen LogP contribution in [-0.4, -0.2) is 10.9 Å². The van der Waals surface area contributed by atoms with Crippen LogP contribution < -0.4 is 5.32 Å². The van der Waals surface area contributed by atoms with Crippen LogP contribution in [-0.2, 0) is 4.79 Å². The molecule has 0 bridgehead atoms. The first-order valence-electron chi connectivity index (χ1n) is 7.37. The minimum absolute atomic E-state index is 0.0454. The van der Waals surface area contributed by atoms with Gasteiger partial charge < -0.3 is 5.32 Å². The number of carbonyl (C=O) groups is 1. The van der Waals surface area contributed by atoms with Crippen molar-refractivity contribution in [2.75, 3.05) is 0 Å². The lowest BCUT2D eigenvalue weighted by atomic mass is 10.1. The minimum atomic E-state index is -0.402. The van der Waals surface area contributed by atoms with Crippen LogP contribution >= 0.6 is 15.9 Å². The van der Waals surface area contributed by atoms with E-state index in [-0.39, 0.29) is 11.6 Å². The van der Waals surface area contributed by atoms with E-state index >= 15 is 0 Å². The number of nitriles is 1. The number of hydrogen-bond donors (Lipinski definition) is 1. The molecule has 0 aliphatic heterocycles. The van der Waals surface area contributed by atoms with Crippen molar-refractivity contribution in [3.05, 3.63) is 82.1 Å². The van der Waals surface area contributed by atoms with Gasteiger partial charge in [0.25, 0.3) is 5.91 Å². The van der Waals surface area contributed by atoms with Crippen molar-refractivity contribution in [2.45, 2.75) is 13.0 Å². The normalized spacial score (nSPS) is 12.6. The summed E-state index contributed by atoms with van der Waals surface area (Å²) in [6.45, 7) is 1.88. The molecule has 0 radical (unpaired) electrons. The molecule has 4 nitrogen and oxygen atoms in total. The average Bonchev–Trinajstić information content (AvgIpc) is 2.59. The van der Waals surface area contributed by atoms with Crippen molar-refractivity contribution in [2.24, 2.45) is 0 Å². The lowest BCUT2D eigenvalue weighted by Crippen LogP contribution is -2.27. The molecular formula is C19H16BrN3O. The minimum Gasteiger partial charge on any atom is -0.345 e. The summed E-state index contributed by atoms with van der Waals surface area (Å²) in [6.07, 6.45) is 4.85. The summed E-state index contributed by atoms with van der Waals surface area (Å²) in [6, 6.07) is 16.9. The summed E-state index contributed by atoms with van der Waals surface area (Å²) in [5.74, 6) is -0.402. The molecule has 1 heterocycles. The Labute approximate surface area is 149 Å². The molecule has 0 aliphatic carbocycles. The van der Waals surface area contributed by atoms with Gasteiger partial charge in [0.2, 0.25) is 0 Å². The van der Waals surface area contributed by atoms with Crippen molar-refractivity contribution in [3.63, 3.8) is 0 Å². The van der Waals surface area contributed by atoms with Crippen LogP contribution in [0.5, 0.6) is 0 Å². The van der Waals surface area contributed by atoms with Crippen LogP contribution in [0.1, 0.15) is 24.2 Å². The maximum atomic E-state index is 12.2. The van der Waals surface area contributed by atoms with Gasteiger partial charge in [0, 0.05) is 0 Å². The van der Waals surface area contributed by atoms with E-state index in [4.69, 9.17) is 0 Å². The molecule has 0 saturated heterocycles. The predicted octanol–water partition coefficient (Wildman–Crippen LogP) is 4.18. The summed E-state index contributed by atoms with van der Waals surface area (Å²) in [7, 11) is 0. The number of carbonyl (C=O) groups excluding carboxylic acids is 1. The van der Waals surface area contributed by atoms with Gasteiger partial charge in [-0.05, 0) is 52.7 Å². The van der Waals surface area contributed by atoms with Crippen LogP contribution in [0.4, 0.5) is 0 Å². The highest BCUT2D eigenvalue weighted by Crippen LogP contribution is 2.12. The number of halogens is 1. The smallest absolute Gasteiger partial charge is 0.262 e. The average molecular weight is 382 g/mol. The fourth-order valence-corrected chi connectivity index (χ4v) is 2.38. The second-order valence-electron chi connectivity index (χ2n) is 5.04. The van der Waals surface area contributed by atoms with Crippen LogP contribution in [0.3, 0.4) is 0 Å². The lowest BCUT2D eigenvalue weighted by Gasteiger charge is -2.13. The number of rotatable bonds is 5. The Morgan fingerprint density at radius 2 is 2.00 bits per heavy atom. The lowest BCUT2D eigenvalue weighted by molar-refractivity contribution is -0.117. The van der Waals surface area contributed by atoms with E-state index in [1.807, 2.05) is 61.5 Å². The van der Waals surface area contributed by atoms with Crippen LogP contribution in [0.2, 0.25) is 0 Å². The molecule has 0 spiro atoms. The van der Waals surface area contributed by atoms with Gasteiger partial charge in [-0.2, -0.15) is 5.26 Å². The first-order valence-corrected chi connectivity index (χ1v) is 8.16. The molecule has 5 heteroatoms. The number of allylic oxidation sites excluding steroid dienone is 2. The highest BCUT2D eigenvalue weighted by atomic mass is 79.9. The summed E-state index contributed by atoms with van der Waals surface area (Å²) in [5, 5.41) is 12.0. The maximum absolute atomic E-state index is 12.2. The Balaban J connectivity index is 2.04. The van der Waals surface area contributed by atoms with Crippen LogP contribution in [0.15, 0.2) is 70.9 Å². The van der Waals surface area contributed by atoms with E-state index in [0.29, 0.717) is 0 Å². The Morgan fingerprint density at radius 1 is 1.25 bits per heavy atom. The van der Waals surface area contributed by atoms with Crippen molar-refractivity contribution >= 4 is 27.9 Å². The first kappa shape index (κ1) is 17.6. The topological polar surface area (TPSA) is 65.8 Å². The van der Waals surface area contributed by atoms with Crippen molar-refractivity contribution in [3.8, 4) is 6.07 Å². The number of aromatic nitrogens is 1. The second kappa shape index (κ2) is 8.80. The van der Waals surface area contributed by atoms with E-state index in [1.165, 1.54) is 6.08 Å². The molecule has 0 aliphatic rings. The van der Waals surface area contributed by atoms with Gasteiger partial charge in [0.1, 0.15) is 16.2 Å². The Morgan fingerprint density at radius 3 is 2.67 bits per heavy atom. The molecule has 1 aromatic carbocycles. The van der Waals surface area contributed by atoms with Gasteiger partial charge in [0.15, 0.2) is 0 Å². The van der Waals surface area contributed by atoms with Gasteiger partial charge in [-0.25, -0.2) is 4.98 Å². The Kier molecular flexibility index (Phi) is 6.47. The van der Waals surface area contributed by atoms with E-state index in [9.17, 15) is 10.1 Å². The molecule has 1 unspecified atom stereocenters. The molecule has 2 aromatic rings. The monoisotopic (exact) mass is 381 g/mol. The van der Waals surface area contributed by atoms with E-state index in [1.54, 1.807) is 12.2 Å². The van der Waals surface area contributed by atoms with Crippen LogP contribution in [0, 0.1) is 11.3 Å². The van der Waals surface area contributed by atoms with Crippen molar-refractivity contribution in [1.29, 1.82) is 5.26 Å². The van der Waals surface area contributed by atoms with Gasteiger partial charge in [-0.15, -0.1) is 0 Å². The number of nitrogens with one attached hydrogen (secondary N) is 1. The number of hydrogen-bond acceptors (Lipinski definition) is 3. The third kappa shape index (κ3) is 5.18. The molecule has 0 saturated carbocycles. The zero-order chi connectivity index (χ0) is 17.4. The molecule has 1 aromatic heterocycles. The molecule has 1 atom stereocenters. The zero-order valence-electron chi connectivity index (χ0n) is 13.1. The van der Waals surface area contributed by atoms with Gasteiger partial charge in [-0.1, -0.05) is 42.5 Å². The fraction of sp³-hybridized carbons (Fsp3) is 0.105. The maximum Gasteiger partial charge on any atom is 0.262 e. The SMILES string of the molecule is CC(NC(=O)C(C#N)=CC=Cc1cccc(Br)n1)c1ccccc1. The molecule has 1 N–H and O–H groups in total. The number of pyridine rings is 1. The van der Waals surface area contributed by atoms with E-state index in [0.717, 1.165) is 15.9 Å². The van der Waals surface area contributed by atoms with E-state index in [2.05, 4.69) is 26.2 Å². The fourth-order valence-electron chi connectivity index (χ4n) is 2.02. The number of amides is 1. The summed E-state index contributed by atoms with van der Waals surface area (Å²) >= 11 is 3.29. The van der Waals surface area contributed by atoms with Gasteiger partial charge in [0.05, 0.1) is 11.7 Å². The van der Waals surface area contributed by atoms with E-state index < -0.39 is 5.91 Å². The summed E-state index contributed by atoms with van der Waals surface area (Å²) in [4.78, 5) is 16.4. The van der Waals surface area contributed by atoms with Crippen molar-refractivity contribution < 1.29 is 4.79 Å². The largest absolute Gasteiger partial charge is 0.345 e. The molecule has 24 heavy (non-hydrogen) atoms. The highest BCUT2D eigenvalue weighted by Gasteiger charge is 2.12. The standard InChI is InChI=1S/C19H16BrN3O/c1-14(15-7-3-2-4-8-15)22-19(24)16(13-21)9-5-10-17-11-6-12-18(20)23-17/h2-12,14H,1H3,(H,22,24). The molecule has 1 amide bonds. The quantitative estimate of drug-likeness (QED) is 0.365. The third-order valence-corrected chi connectivity index (χ3v) is 3.72. The Hall–Kier alpha value is -2.71. The van der Waals surface area contributed by atoms with Crippen molar-refractivity contribution in [1.82, 2.24) is 10.3 Å². The molecular weight excluding hydrogens is 366 g/mol. The zero-order valence-corrected chi connectivity index (χ0v) is 14.7. The molecule has 2 rings (SSSR count). The predicted molar refractivity (Wildman–Crippen MR) is 97.7 cm³/mol. The number of benzene rings is 1.